The van der Waals surface area contributed by atoms with Crippen LogP contribution in [0.2, 0.25) is 0 Å². The number of likely N-dealkylation sites (N-methyl/N-ethyl adjacent to an activating group) is 1. The van der Waals surface area contributed by atoms with Gasteiger partial charge in [0.2, 0.25) is 5.91 Å². The van der Waals surface area contributed by atoms with Crippen molar-refractivity contribution in [3.63, 3.8) is 0 Å². The summed E-state index contributed by atoms with van der Waals surface area (Å²) < 4.78 is 53.7. The lowest BCUT2D eigenvalue weighted by atomic mass is 9.85. The molecule has 0 unspecified atom stereocenters. The van der Waals surface area contributed by atoms with Crippen LogP contribution in [0.4, 0.5) is 28.0 Å². The zero-order valence-electron chi connectivity index (χ0n) is 22.5. The van der Waals surface area contributed by atoms with E-state index in [1.807, 2.05) is 6.07 Å². The summed E-state index contributed by atoms with van der Waals surface area (Å²) in [4.78, 5) is 56.4. The number of piperidine rings is 1. The van der Waals surface area contributed by atoms with Crippen molar-refractivity contribution in [1.82, 2.24) is 15.1 Å². The number of amides is 5. The number of hydrogen-bond donors (Lipinski definition) is 1. The van der Waals surface area contributed by atoms with E-state index in [4.69, 9.17) is 0 Å². The van der Waals surface area contributed by atoms with E-state index in [0.29, 0.717) is 29.4 Å². The van der Waals surface area contributed by atoms with E-state index in [1.165, 1.54) is 22.9 Å². The molecule has 0 aromatic heterocycles. The van der Waals surface area contributed by atoms with Crippen molar-refractivity contribution < 1.29 is 36.7 Å². The van der Waals surface area contributed by atoms with Gasteiger partial charge in [0, 0.05) is 25.8 Å². The van der Waals surface area contributed by atoms with Crippen LogP contribution >= 0.6 is 0 Å². The van der Waals surface area contributed by atoms with Gasteiger partial charge in [0.25, 0.3) is 11.8 Å². The van der Waals surface area contributed by atoms with Crippen LogP contribution in [0.5, 0.6) is 0 Å². The number of hydrogen-bond acceptors (Lipinski definition) is 5. The highest BCUT2D eigenvalue weighted by molar-refractivity contribution is 6.16. The van der Waals surface area contributed by atoms with Crippen molar-refractivity contribution in [2.75, 3.05) is 25.0 Å². The van der Waals surface area contributed by atoms with E-state index in [9.17, 15) is 42.0 Å². The first-order valence-electron chi connectivity index (χ1n) is 12.8. The summed E-state index contributed by atoms with van der Waals surface area (Å²) in [6.07, 6.45) is -4.67. The van der Waals surface area contributed by atoms with Gasteiger partial charge in [0.15, 0.2) is 0 Å². The highest BCUT2D eigenvalue weighted by Gasteiger charge is 2.58. The Bertz CT molecular complexity index is 1440. The first kappa shape index (κ1) is 29.5. The lowest BCUT2D eigenvalue weighted by Gasteiger charge is -2.43. The summed E-state index contributed by atoms with van der Waals surface area (Å²) in [6.45, 7) is 3.29. The standard InChI is InChI=1S/C28H27F4N5O4/c1-16(2)22(34-23(38)20-14-18(28(30,31)32)7-8-21(20)29)24(39)36-11-9-27(10-12-36)25(40)35(3)26(41)37(27)19-6-4-5-17(13-19)15-33/h4-8,13-14,16,22H,9-12H2,1-3H3,(H,34,38)/t22-/m1/s1. The topological polar surface area (TPSA) is 114 Å². The first-order chi connectivity index (χ1) is 19.2. The van der Waals surface area contributed by atoms with Gasteiger partial charge < -0.3 is 10.2 Å². The highest BCUT2D eigenvalue weighted by atomic mass is 19.4. The lowest BCUT2D eigenvalue weighted by molar-refractivity contribution is -0.139. The molecule has 0 saturated carbocycles. The molecule has 13 heteroatoms. The minimum atomic E-state index is -4.79. The molecule has 0 aliphatic carbocycles. The molecule has 9 nitrogen and oxygen atoms in total. The number of likely N-dealkylation sites (tertiary alicyclic amines) is 1. The number of halogens is 4. The molecule has 1 spiro atoms. The molecule has 1 atom stereocenters. The fourth-order valence-corrected chi connectivity index (χ4v) is 5.24. The van der Waals surface area contributed by atoms with Crippen LogP contribution in [-0.2, 0) is 15.8 Å². The number of alkyl halides is 3. The minimum absolute atomic E-state index is 0.0249. The van der Waals surface area contributed by atoms with Gasteiger partial charge in [-0.15, -0.1) is 0 Å². The van der Waals surface area contributed by atoms with E-state index in [-0.39, 0.29) is 25.9 Å². The Balaban J connectivity index is 1.54. The van der Waals surface area contributed by atoms with Gasteiger partial charge in [-0.1, -0.05) is 19.9 Å². The molecule has 2 fully saturated rings. The second-order valence-electron chi connectivity index (χ2n) is 10.4. The Labute approximate surface area is 233 Å². The number of anilines is 1. The maximum absolute atomic E-state index is 14.3. The molecule has 2 aromatic carbocycles. The van der Waals surface area contributed by atoms with Crippen LogP contribution in [-0.4, -0.2) is 65.3 Å². The fourth-order valence-electron chi connectivity index (χ4n) is 5.24. The number of benzene rings is 2. The molecule has 2 saturated heterocycles. The molecule has 1 N–H and O–H groups in total. The molecule has 216 valence electrons. The van der Waals surface area contributed by atoms with Crippen LogP contribution in [0, 0.1) is 23.1 Å². The summed E-state index contributed by atoms with van der Waals surface area (Å²) in [6, 6.07) is 7.97. The van der Waals surface area contributed by atoms with E-state index in [1.54, 1.807) is 32.0 Å². The van der Waals surface area contributed by atoms with Crippen LogP contribution in [0.1, 0.15) is 48.2 Å². The molecule has 4 rings (SSSR count). The van der Waals surface area contributed by atoms with Crippen LogP contribution in [0.25, 0.3) is 0 Å². The monoisotopic (exact) mass is 573 g/mol. The van der Waals surface area contributed by atoms with Crippen molar-refractivity contribution in [3.8, 4) is 6.07 Å². The van der Waals surface area contributed by atoms with Crippen LogP contribution in [0.15, 0.2) is 42.5 Å². The number of urea groups is 1. The number of nitrogens with zero attached hydrogens (tertiary/aromatic N) is 4. The summed E-state index contributed by atoms with van der Waals surface area (Å²) in [7, 11) is 1.36. The number of carbonyl (C=O) groups is 4. The maximum Gasteiger partial charge on any atom is 0.416 e. The average Bonchev–Trinajstić information content (AvgIpc) is 3.11. The van der Waals surface area contributed by atoms with Crippen LogP contribution in [0.3, 0.4) is 0 Å². The number of carbonyl (C=O) groups excluding carboxylic acids is 4. The quantitative estimate of drug-likeness (QED) is 0.430. The number of nitrogens with one attached hydrogen (secondary N) is 1. The lowest BCUT2D eigenvalue weighted by Crippen LogP contribution is -2.60. The Morgan fingerprint density at radius 2 is 1.73 bits per heavy atom. The van der Waals surface area contributed by atoms with Crippen molar-refractivity contribution in [2.45, 2.75) is 44.4 Å². The maximum atomic E-state index is 14.3. The average molecular weight is 574 g/mol. The van der Waals surface area contributed by atoms with Crippen molar-refractivity contribution >= 4 is 29.4 Å². The molecule has 0 radical (unpaired) electrons. The molecular formula is C28H27F4N5O4. The van der Waals surface area contributed by atoms with Gasteiger partial charge in [0.05, 0.1) is 22.8 Å². The second kappa shape index (κ2) is 10.8. The molecule has 2 aliphatic rings. The van der Waals surface area contributed by atoms with Crippen molar-refractivity contribution in [1.29, 1.82) is 5.26 Å². The summed E-state index contributed by atoms with van der Waals surface area (Å²) in [5.41, 5.74) is -2.68. The zero-order valence-corrected chi connectivity index (χ0v) is 22.5. The van der Waals surface area contributed by atoms with Gasteiger partial charge >= 0.3 is 12.2 Å². The molecule has 2 aromatic rings. The van der Waals surface area contributed by atoms with E-state index >= 15 is 0 Å². The molecule has 41 heavy (non-hydrogen) atoms. The number of nitriles is 1. The molecule has 2 heterocycles. The largest absolute Gasteiger partial charge is 0.416 e. The molecular weight excluding hydrogens is 546 g/mol. The highest BCUT2D eigenvalue weighted by Crippen LogP contribution is 2.40. The molecule has 0 bridgehead atoms. The number of rotatable bonds is 5. The fraction of sp³-hybridized carbons (Fsp3) is 0.393. The van der Waals surface area contributed by atoms with Gasteiger partial charge in [-0.2, -0.15) is 18.4 Å². The third kappa shape index (κ3) is 5.33. The normalized spacial score (nSPS) is 17.7. The van der Waals surface area contributed by atoms with Gasteiger partial charge in [0.1, 0.15) is 17.4 Å². The third-order valence-electron chi connectivity index (χ3n) is 7.50. The Morgan fingerprint density at radius 1 is 1.07 bits per heavy atom. The summed E-state index contributed by atoms with van der Waals surface area (Å²) in [5, 5.41) is 11.7. The number of imide groups is 1. The van der Waals surface area contributed by atoms with E-state index < -0.39 is 64.4 Å². The van der Waals surface area contributed by atoms with Gasteiger partial charge in [-0.25, -0.2) is 9.18 Å². The first-order valence-corrected chi connectivity index (χ1v) is 12.8. The molecule has 2 aliphatic heterocycles. The Kier molecular flexibility index (Phi) is 7.80. The van der Waals surface area contributed by atoms with Crippen molar-refractivity contribution in [3.05, 3.63) is 65.0 Å². The molecule has 5 amide bonds. The minimum Gasteiger partial charge on any atom is -0.341 e. The second-order valence-corrected chi connectivity index (χ2v) is 10.4. The summed E-state index contributed by atoms with van der Waals surface area (Å²) >= 11 is 0. The van der Waals surface area contributed by atoms with Gasteiger partial charge in [-0.3, -0.25) is 24.2 Å². The third-order valence-corrected chi connectivity index (χ3v) is 7.50. The Hall–Kier alpha value is -4.47. The SMILES string of the molecule is CC(C)[C@@H](NC(=O)c1cc(C(F)(F)F)ccc1F)C(=O)N1CCC2(CC1)C(=O)N(C)C(=O)N2c1cccc(C#N)c1. The predicted octanol–water partition coefficient (Wildman–Crippen LogP) is 3.93. The zero-order chi connectivity index (χ0) is 30.3. The predicted molar refractivity (Wildman–Crippen MR) is 138 cm³/mol. The van der Waals surface area contributed by atoms with E-state index in [2.05, 4.69) is 5.32 Å². The van der Waals surface area contributed by atoms with Crippen molar-refractivity contribution in [2.24, 2.45) is 5.92 Å². The van der Waals surface area contributed by atoms with Crippen LogP contribution < -0.4 is 10.2 Å². The van der Waals surface area contributed by atoms with Gasteiger partial charge in [-0.05, 0) is 55.2 Å². The van der Waals surface area contributed by atoms with E-state index in [0.717, 1.165) is 4.90 Å². The Morgan fingerprint density at radius 3 is 2.32 bits per heavy atom. The smallest absolute Gasteiger partial charge is 0.341 e. The summed E-state index contributed by atoms with van der Waals surface area (Å²) in [5.74, 6) is -3.86.